The molecule has 1 aromatic heterocycles. The average Bonchev–Trinajstić information content (AvgIpc) is 2.78. The molecule has 3 amide bonds. The minimum atomic E-state index is -4.85. The number of anilines is 1. The number of hydrogen-bond acceptors (Lipinski definition) is 6. The molecule has 1 heterocycles. The second kappa shape index (κ2) is 10.9. The van der Waals surface area contributed by atoms with Gasteiger partial charge in [-0.15, -0.1) is 13.2 Å². The van der Waals surface area contributed by atoms with Gasteiger partial charge in [0, 0.05) is 18.3 Å². The lowest BCUT2D eigenvalue weighted by Gasteiger charge is -2.29. The lowest BCUT2D eigenvalue weighted by Crippen LogP contribution is -2.40. The zero-order chi connectivity index (χ0) is 24.7. The Balaban J connectivity index is 1.47. The van der Waals surface area contributed by atoms with Crippen LogP contribution in [0.3, 0.4) is 0 Å². The van der Waals surface area contributed by atoms with Crippen LogP contribution < -0.4 is 30.6 Å². The van der Waals surface area contributed by atoms with E-state index in [1.165, 1.54) is 31.6 Å². The summed E-state index contributed by atoms with van der Waals surface area (Å²) in [6, 6.07) is 4.29. The Morgan fingerprint density at radius 3 is 2.50 bits per heavy atom. The van der Waals surface area contributed by atoms with E-state index in [0.717, 1.165) is 25.0 Å². The molecule has 0 bridgehead atoms. The number of hydrogen-bond donors (Lipinski definition) is 3. The predicted molar refractivity (Wildman–Crippen MR) is 116 cm³/mol. The predicted octanol–water partition coefficient (Wildman–Crippen LogP) is 3.85. The van der Waals surface area contributed by atoms with E-state index in [-0.39, 0.29) is 29.0 Å². The van der Waals surface area contributed by atoms with Crippen LogP contribution in [-0.2, 0) is 0 Å². The number of carbonyl (C=O) groups is 2. The molecular formula is C22H25F3N4O5. The first-order valence-corrected chi connectivity index (χ1v) is 10.5. The number of alkyl halides is 3. The number of aromatic nitrogens is 1. The molecule has 0 aliphatic heterocycles. The summed E-state index contributed by atoms with van der Waals surface area (Å²) >= 11 is 0. The zero-order valence-electron chi connectivity index (χ0n) is 18.4. The maximum Gasteiger partial charge on any atom is 0.573 e. The molecule has 184 valence electrons. The number of methoxy groups -OCH3 is 1. The fourth-order valence-corrected chi connectivity index (χ4v) is 3.65. The minimum Gasteiger partial charge on any atom is -0.495 e. The molecule has 0 atom stereocenters. The van der Waals surface area contributed by atoms with Gasteiger partial charge in [0.05, 0.1) is 31.2 Å². The summed E-state index contributed by atoms with van der Waals surface area (Å²) in [5, 5.41) is 5.35. The third-order valence-electron chi connectivity index (χ3n) is 5.32. The number of rotatable bonds is 8. The summed E-state index contributed by atoms with van der Waals surface area (Å²) in [4.78, 5) is 27.6. The minimum absolute atomic E-state index is 0.0515. The van der Waals surface area contributed by atoms with Crippen LogP contribution in [0.5, 0.6) is 17.2 Å². The Bertz CT molecular complexity index is 1010. The van der Waals surface area contributed by atoms with Gasteiger partial charge in [0.25, 0.3) is 0 Å². The fraction of sp³-hybridized carbons (Fsp3) is 0.409. The first-order chi connectivity index (χ1) is 16.1. The van der Waals surface area contributed by atoms with Gasteiger partial charge in [-0.3, -0.25) is 9.78 Å². The first kappa shape index (κ1) is 24.9. The largest absolute Gasteiger partial charge is 0.573 e. The fourth-order valence-electron chi connectivity index (χ4n) is 3.65. The van der Waals surface area contributed by atoms with Gasteiger partial charge >= 0.3 is 12.4 Å². The number of nitrogens with two attached hydrogens (primary N) is 1. The van der Waals surface area contributed by atoms with Crippen LogP contribution in [0.15, 0.2) is 36.7 Å². The van der Waals surface area contributed by atoms with Crippen molar-refractivity contribution in [3.05, 3.63) is 42.2 Å². The molecule has 1 aliphatic rings. The zero-order valence-corrected chi connectivity index (χ0v) is 18.4. The molecule has 2 aromatic rings. The molecule has 34 heavy (non-hydrogen) atoms. The van der Waals surface area contributed by atoms with E-state index in [4.69, 9.17) is 15.2 Å². The lowest BCUT2D eigenvalue weighted by molar-refractivity contribution is -0.274. The standard InChI is InChI=1S/C22H25F3N4O5/c1-32-19-7-6-16(34-22(23,24)25)9-18(19)29-21(31)28-15-4-2-13(3-5-15)12-33-17-8-14(20(26)30)10-27-11-17/h6-11,13,15H,2-5,12H2,1H3,(H2,26,30)(H2,28,29,31)/t13-,15-. The molecule has 0 radical (unpaired) electrons. The number of benzene rings is 1. The lowest BCUT2D eigenvalue weighted by atomic mass is 9.86. The molecule has 0 unspecified atom stereocenters. The quantitative estimate of drug-likeness (QED) is 0.525. The molecule has 0 spiro atoms. The van der Waals surface area contributed by atoms with Crippen molar-refractivity contribution in [2.24, 2.45) is 11.7 Å². The number of nitrogens with zero attached hydrogens (tertiary/aromatic N) is 1. The van der Waals surface area contributed by atoms with E-state index < -0.39 is 24.1 Å². The van der Waals surface area contributed by atoms with Gasteiger partial charge in [0.2, 0.25) is 5.91 Å². The van der Waals surface area contributed by atoms with E-state index in [9.17, 15) is 22.8 Å². The van der Waals surface area contributed by atoms with Crippen LogP contribution in [0.25, 0.3) is 0 Å². The summed E-state index contributed by atoms with van der Waals surface area (Å²) in [6.45, 7) is 0.437. The molecule has 1 fully saturated rings. The first-order valence-electron chi connectivity index (χ1n) is 10.5. The average molecular weight is 482 g/mol. The summed E-state index contributed by atoms with van der Waals surface area (Å²) in [6.07, 6.45) is 1.03. The number of halogens is 3. The molecule has 1 aromatic carbocycles. The topological polar surface area (TPSA) is 125 Å². The number of nitrogens with one attached hydrogen (secondary N) is 2. The molecular weight excluding hydrogens is 457 g/mol. The van der Waals surface area contributed by atoms with Crippen molar-refractivity contribution in [2.45, 2.75) is 38.1 Å². The van der Waals surface area contributed by atoms with E-state index in [1.54, 1.807) is 0 Å². The maximum atomic E-state index is 12.5. The molecule has 1 saturated carbocycles. The summed E-state index contributed by atoms with van der Waals surface area (Å²) in [5.41, 5.74) is 5.56. The molecule has 0 saturated heterocycles. The maximum absolute atomic E-state index is 12.5. The van der Waals surface area contributed by atoms with Crippen LogP contribution in [0, 0.1) is 5.92 Å². The highest BCUT2D eigenvalue weighted by molar-refractivity contribution is 5.92. The number of amides is 3. The van der Waals surface area contributed by atoms with E-state index in [1.807, 2.05) is 0 Å². The van der Waals surface area contributed by atoms with Crippen LogP contribution in [0.2, 0.25) is 0 Å². The van der Waals surface area contributed by atoms with Crippen molar-refractivity contribution < 1.29 is 37.0 Å². The number of primary amides is 1. The highest BCUT2D eigenvalue weighted by atomic mass is 19.4. The van der Waals surface area contributed by atoms with Crippen LogP contribution in [-0.4, -0.2) is 43.0 Å². The molecule has 1 aliphatic carbocycles. The van der Waals surface area contributed by atoms with Gasteiger partial charge in [-0.25, -0.2) is 4.79 Å². The second-order valence-corrected chi connectivity index (χ2v) is 7.81. The van der Waals surface area contributed by atoms with Crippen molar-refractivity contribution in [3.63, 3.8) is 0 Å². The van der Waals surface area contributed by atoms with Crippen molar-refractivity contribution >= 4 is 17.6 Å². The number of carbonyl (C=O) groups excluding carboxylic acids is 2. The Hall–Kier alpha value is -3.70. The van der Waals surface area contributed by atoms with Gasteiger partial charge < -0.3 is 30.6 Å². The van der Waals surface area contributed by atoms with Crippen molar-refractivity contribution in [1.82, 2.24) is 10.3 Å². The third-order valence-corrected chi connectivity index (χ3v) is 5.32. The van der Waals surface area contributed by atoms with E-state index >= 15 is 0 Å². The molecule has 9 nitrogen and oxygen atoms in total. The SMILES string of the molecule is COc1ccc(OC(F)(F)F)cc1NC(=O)N[C@H]1CC[C@H](COc2cncc(C(N)=O)c2)CC1. The van der Waals surface area contributed by atoms with Gasteiger partial charge in [-0.1, -0.05) is 0 Å². The van der Waals surface area contributed by atoms with Gasteiger partial charge in [-0.05, 0) is 49.8 Å². The van der Waals surface area contributed by atoms with Crippen molar-refractivity contribution in [2.75, 3.05) is 19.0 Å². The number of pyridine rings is 1. The highest BCUT2D eigenvalue weighted by Gasteiger charge is 2.31. The number of urea groups is 1. The van der Waals surface area contributed by atoms with Gasteiger partial charge in [0.15, 0.2) is 0 Å². The normalized spacial score (nSPS) is 18.0. The van der Waals surface area contributed by atoms with Crippen LogP contribution in [0.4, 0.5) is 23.7 Å². The van der Waals surface area contributed by atoms with Crippen LogP contribution in [0.1, 0.15) is 36.0 Å². The Kier molecular flexibility index (Phi) is 8.03. The number of ether oxygens (including phenoxy) is 3. The Morgan fingerprint density at radius 1 is 1.12 bits per heavy atom. The van der Waals surface area contributed by atoms with Crippen LogP contribution >= 0.6 is 0 Å². The molecule has 3 rings (SSSR count). The van der Waals surface area contributed by atoms with Crippen molar-refractivity contribution in [1.29, 1.82) is 0 Å². The highest BCUT2D eigenvalue weighted by Crippen LogP contribution is 2.32. The smallest absolute Gasteiger partial charge is 0.495 e. The Labute approximate surface area is 193 Å². The molecule has 12 heteroatoms. The summed E-state index contributed by atoms with van der Waals surface area (Å²) < 4.78 is 52.1. The van der Waals surface area contributed by atoms with Gasteiger partial charge in [-0.2, -0.15) is 0 Å². The van der Waals surface area contributed by atoms with E-state index in [0.29, 0.717) is 25.2 Å². The summed E-state index contributed by atoms with van der Waals surface area (Å²) in [5.74, 6) is -0.141. The van der Waals surface area contributed by atoms with E-state index in [2.05, 4.69) is 20.4 Å². The Morgan fingerprint density at radius 2 is 1.85 bits per heavy atom. The third kappa shape index (κ3) is 7.42. The summed E-state index contributed by atoms with van der Waals surface area (Å²) in [7, 11) is 1.34. The van der Waals surface area contributed by atoms with Crippen molar-refractivity contribution in [3.8, 4) is 17.2 Å². The molecule has 4 N–H and O–H groups in total. The second-order valence-electron chi connectivity index (χ2n) is 7.81. The van der Waals surface area contributed by atoms with Gasteiger partial charge in [0.1, 0.15) is 17.2 Å². The monoisotopic (exact) mass is 482 g/mol.